The Morgan fingerprint density at radius 3 is 2.73 bits per heavy atom. The third-order valence-electron chi connectivity index (χ3n) is 1.20. The number of rotatable bonds is 1. The molecule has 0 N–H and O–H groups in total. The van der Waals surface area contributed by atoms with Crippen molar-refractivity contribution >= 4 is 0 Å². The van der Waals surface area contributed by atoms with Crippen LogP contribution < -0.4 is 0 Å². The molecule has 0 saturated carbocycles. The molecule has 1 radical (unpaired) electrons. The van der Waals surface area contributed by atoms with Crippen LogP contribution in [0.25, 0.3) is 0 Å². The van der Waals surface area contributed by atoms with Gasteiger partial charge in [0.15, 0.2) is 11.6 Å². The maximum Gasteiger partial charge on any atom is 0.163 e. The van der Waals surface area contributed by atoms with Gasteiger partial charge in [0.25, 0.3) is 0 Å². The van der Waals surface area contributed by atoms with Crippen LogP contribution in [0.3, 0.4) is 0 Å². The fraction of sp³-hybridized carbons (Fsp3) is 0. The van der Waals surface area contributed by atoms with E-state index >= 15 is 0 Å². The molecule has 0 aromatic heterocycles. The Labute approximate surface area is 62.9 Å². The summed E-state index contributed by atoms with van der Waals surface area (Å²) in [6.45, 7) is 0. The fourth-order valence-electron chi connectivity index (χ4n) is 0.701. The highest BCUT2D eigenvalue weighted by molar-refractivity contribution is 5.30. The van der Waals surface area contributed by atoms with E-state index in [-0.39, 0.29) is 5.56 Å². The second-order valence-electron chi connectivity index (χ2n) is 1.92. The third kappa shape index (κ3) is 1.53. The van der Waals surface area contributed by atoms with Crippen LogP contribution in [0.4, 0.5) is 8.78 Å². The molecule has 0 unspecified atom stereocenters. The maximum absolute atomic E-state index is 12.6. The van der Waals surface area contributed by atoms with E-state index in [9.17, 15) is 8.78 Å². The van der Waals surface area contributed by atoms with Crippen LogP contribution in [0, 0.1) is 29.4 Å². The number of hydrogen-bond donors (Lipinski definition) is 0. The molecule has 0 bridgehead atoms. The molecule has 0 fully saturated rings. The Morgan fingerprint density at radius 2 is 2.09 bits per heavy atom. The molecule has 0 atom stereocenters. The Kier molecular flexibility index (Phi) is 2.17. The summed E-state index contributed by atoms with van der Waals surface area (Å²) in [5.74, 6) is -1.91. The Balaban J connectivity index is 3.08. The predicted molar refractivity (Wildman–Crippen MR) is 35.4 cm³/mol. The van der Waals surface area contributed by atoms with Gasteiger partial charge in [0.05, 0.1) is 12.5 Å². The van der Waals surface area contributed by atoms with Gasteiger partial charge in [-0.3, -0.25) is 0 Å². The summed E-state index contributed by atoms with van der Waals surface area (Å²) >= 11 is 0. The van der Waals surface area contributed by atoms with Crippen LogP contribution in [0.5, 0.6) is 0 Å². The Bertz CT molecular complexity index is 301. The number of nitrogens with zero attached hydrogens (tertiary/aromatic N) is 1. The summed E-state index contributed by atoms with van der Waals surface area (Å²) in [5.41, 5.74) is -0.0208. The SMILES string of the molecule is N#C[CH]c1cccc(F)c1F. The summed E-state index contributed by atoms with van der Waals surface area (Å²) in [6, 6.07) is 5.31. The van der Waals surface area contributed by atoms with Crippen molar-refractivity contribution in [2.24, 2.45) is 0 Å². The molecule has 0 spiro atoms. The first kappa shape index (κ1) is 7.67. The fourth-order valence-corrected chi connectivity index (χ4v) is 0.701. The first-order valence-corrected chi connectivity index (χ1v) is 2.92. The first-order valence-electron chi connectivity index (χ1n) is 2.92. The number of halogens is 2. The van der Waals surface area contributed by atoms with Crippen molar-refractivity contribution in [3.63, 3.8) is 0 Å². The highest BCUT2D eigenvalue weighted by Crippen LogP contribution is 2.12. The lowest BCUT2D eigenvalue weighted by Gasteiger charge is -1.96. The highest BCUT2D eigenvalue weighted by Gasteiger charge is 2.05. The molecule has 1 rings (SSSR count). The molecule has 0 aliphatic heterocycles. The summed E-state index contributed by atoms with van der Waals surface area (Å²) in [5, 5.41) is 8.14. The molecule has 11 heavy (non-hydrogen) atoms. The summed E-state index contributed by atoms with van der Waals surface area (Å²) in [4.78, 5) is 0. The van der Waals surface area contributed by atoms with E-state index < -0.39 is 11.6 Å². The Hall–Kier alpha value is -1.43. The van der Waals surface area contributed by atoms with Gasteiger partial charge in [0.1, 0.15) is 0 Å². The minimum atomic E-state index is -0.978. The zero-order valence-electron chi connectivity index (χ0n) is 5.51. The van der Waals surface area contributed by atoms with Crippen LogP contribution in [0.1, 0.15) is 5.56 Å². The minimum absolute atomic E-state index is 0.0208. The summed E-state index contributed by atoms with van der Waals surface area (Å²) in [7, 11) is 0. The van der Waals surface area contributed by atoms with E-state index in [0.717, 1.165) is 12.5 Å². The normalized spacial score (nSPS) is 9.18. The largest absolute Gasteiger partial charge is 0.204 e. The molecule has 0 aliphatic carbocycles. The lowest BCUT2D eigenvalue weighted by atomic mass is 10.1. The van der Waals surface area contributed by atoms with Crippen molar-refractivity contribution in [1.82, 2.24) is 0 Å². The van der Waals surface area contributed by atoms with E-state index in [4.69, 9.17) is 5.26 Å². The maximum atomic E-state index is 12.6. The van der Waals surface area contributed by atoms with E-state index in [1.807, 2.05) is 0 Å². The zero-order chi connectivity index (χ0) is 8.27. The molecule has 1 aromatic rings. The molecule has 55 valence electrons. The van der Waals surface area contributed by atoms with Gasteiger partial charge in [0.2, 0.25) is 0 Å². The lowest BCUT2D eigenvalue weighted by Crippen LogP contribution is -1.89. The lowest BCUT2D eigenvalue weighted by molar-refractivity contribution is 0.505. The average molecular weight is 152 g/mol. The van der Waals surface area contributed by atoms with Crippen molar-refractivity contribution in [3.8, 4) is 6.07 Å². The van der Waals surface area contributed by atoms with Crippen molar-refractivity contribution in [1.29, 1.82) is 5.26 Å². The topological polar surface area (TPSA) is 23.8 Å². The van der Waals surface area contributed by atoms with Gasteiger partial charge in [-0.15, -0.1) is 0 Å². The van der Waals surface area contributed by atoms with Crippen molar-refractivity contribution in [2.45, 2.75) is 0 Å². The Morgan fingerprint density at radius 1 is 1.36 bits per heavy atom. The van der Waals surface area contributed by atoms with Crippen LogP contribution in [0.2, 0.25) is 0 Å². The monoisotopic (exact) mass is 152 g/mol. The van der Waals surface area contributed by atoms with E-state index in [0.29, 0.717) is 0 Å². The van der Waals surface area contributed by atoms with Crippen LogP contribution in [-0.2, 0) is 0 Å². The molecule has 0 heterocycles. The molecule has 0 amide bonds. The molecular formula is C8H4F2N. The van der Waals surface area contributed by atoms with Gasteiger partial charge in [-0.05, 0) is 6.07 Å². The molecule has 0 aliphatic rings. The smallest absolute Gasteiger partial charge is 0.163 e. The quantitative estimate of drug-likeness (QED) is 0.604. The van der Waals surface area contributed by atoms with Crippen molar-refractivity contribution < 1.29 is 8.78 Å². The predicted octanol–water partition coefficient (Wildman–Crippen LogP) is 2.04. The second kappa shape index (κ2) is 3.11. The van der Waals surface area contributed by atoms with E-state index in [1.54, 1.807) is 6.07 Å². The van der Waals surface area contributed by atoms with Gasteiger partial charge in [0, 0.05) is 5.56 Å². The van der Waals surface area contributed by atoms with Gasteiger partial charge in [-0.25, -0.2) is 8.78 Å². The first-order chi connectivity index (χ1) is 5.25. The average Bonchev–Trinajstić information content (AvgIpc) is 1.99. The van der Waals surface area contributed by atoms with Crippen molar-refractivity contribution in [2.75, 3.05) is 0 Å². The number of benzene rings is 1. The molecule has 3 heteroatoms. The van der Waals surface area contributed by atoms with Gasteiger partial charge in [-0.1, -0.05) is 12.1 Å². The highest BCUT2D eigenvalue weighted by atomic mass is 19.2. The zero-order valence-corrected chi connectivity index (χ0v) is 5.51. The molecule has 1 aromatic carbocycles. The van der Waals surface area contributed by atoms with Crippen molar-refractivity contribution in [3.05, 3.63) is 41.8 Å². The van der Waals surface area contributed by atoms with Gasteiger partial charge >= 0.3 is 0 Å². The molecule has 1 nitrogen and oxygen atoms in total. The van der Waals surface area contributed by atoms with E-state index in [1.165, 1.54) is 12.1 Å². The van der Waals surface area contributed by atoms with Gasteiger partial charge < -0.3 is 0 Å². The third-order valence-corrected chi connectivity index (χ3v) is 1.20. The second-order valence-corrected chi connectivity index (χ2v) is 1.92. The number of nitriles is 1. The minimum Gasteiger partial charge on any atom is -0.204 e. The standard InChI is InChI=1S/C8H4F2N/c9-7-3-1-2-6(4-5-11)8(7)10/h1-4H. The van der Waals surface area contributed by atoms with E-state index in [2.05, 4.69) is 0 Å². The molecule has 0 saturated heterocycles. The van der Waals surface area contributed by atoms with Crippen LogP contribution >= 0.6 is 0 Å². The van der Waals surface area contributed by atoms with Crippen LogP contribution in [-0.4, -0.2) is 0 Å². The van der Waals surface area contributed by atoms with Gasteiger partial charge in [-0.2, -0.15) is 5.26 Å². The van der Waals surface area contributed by atoms with Crippen LogP contribution in [0.15, 0.2) is 18.2 Å². The molecular weight excluding hydrogens is 148 g/mol. The summed E-state index contributed by atoms with van der Waals surface area (Å²) < 4.78 is 25.0. The summed E-state index contributed by atoms with van der Waals surface area (Å²) in [6.07, 6.45) is 0.957. The number of hydrogen-bond acceptors (Lipinski definition) is 1.